The van der Waals surface area contributed by atoms with Gasteiger partial charge in [-0.3, -0.25) is 9.36 Å². The van der Waals surface area contributed by atoms with Gasteiger partial charge >= 0.3 is 6.09 Å². The summed E-state index contributed by atoms with van der Waals surface area (Å²) in [4.78, 5) is 38.4. The summed E-state index contributed by atoms with van der Waals surface area (Å²) >= 11 is 6.28. The number of alkyl halides is 2. The van der Waals surface area contributed by atoms with Crippen molar-refractivity contribution in [1.82, 2.24) is 24.4 Å². The average Bonchev–Trinajstić information content (AvgIpc) is 3.28. The molecule has 13 heteroatoms. The van der Waals surface area contributed by atoms with Crippen LogP contribution in [0.5, 0.6) is 5.75 Å². The number of hydrogen-bond acceptors (Lipinski definition) is 7. The van der Waals surface area contributed by atoms with Crippen LogP contribution in [-0.4, -0.2) is 62.7 Å². The maximum atomic E-state index is 14.0. The number of ether oxygens (including phenoxy) is 2. The minimum atomic E-state index is -2.92. The number of aromatic nitrogens is 4. The van der Waals surface area contributed by atoms with Gasteiger partial charge in [0.15, 0.2) is 5.82 Å². The van der Waals surface area contributed by atoms with Crippen molar-refractivity contribution in [2.75, 3.05) is 26.0 Å². The quantitative estimate of drug-likeness (QED) is 0.275. The zero-order chi connectivity index (χ0) is 29.2. The lowest BCUT2D eigenvalue weighted by Gasteiger charge is -2.24. The Labute approximate surface area is 233 Å². The lowest BCUT2D eigenvalue weighted by molar-refractivity contribution is -0.117. The molecule has 4 aromatic rings. The number of carbonyl (C=O) groups excluding carboxylic acids is 2. The Morgan fingerprint density at radius 3 is 2.42 bits per heavy atom. The molecule has 2 amide bonds. The second-order valence-electron chi connectivity index (χ2n) is 9.77. The second kappa shape index (κ2) is 11.4. The first-order chi connectivity index (χ1) is 18.9. The van der Waals surface area contributed by atoms with E-state index in [1.54, 1.807) is 63.2 Å². The molecule has 0 fully saturated rings. The molecule has 2 aromatic heterocycles. The molecule has 1 N–H and O–H groups in total. The molecule has 0 saturated carbocycles. The molecule has 0 aliphatic rings. The second-order valence-corrected chi connectivity index (χ2v) is 10.2. The number of amides is 2. The third kappa shape index (κ3) is 6.45. The first-order valence-electron chi connectivity index (χ1n) is 12.1. The Hall–Kier alpha value is -4.32. The van der Waals surface area contributed by atoms with Crippen LogP contribution in [0.2, 0.25) is 5.15 Å². The fourth-order valence-electron chi connectivity index (χ4n) is 3.81. The summed E-state index contributed by atoms with van der Waals surface area (Å²) in [6.07, 6.45) is -3.53. The van der Waals surface area contributed by atoms with Gasteiger partial charge in [-0.2, -0.15) is 0 Å². The topological polar surface area (TPSA) is 111 Å². The highest BCUT2D eigenvalue weighted by atomic mass is 35.5. The van der Waals surface area contributed by atoms with Gasteiger partial charge in [0.25, 0.3) is 6.43 Å². The summed E-state index contributed by atoms with van der Waals surface area (Å²) in [5.41, 5.74) is 1.32. The number of fused-ring (bicyclic) bond motifs is 1. The van der Waals surface area contributed by atoms with Crippen molar-refractivity contribution in [2.45, 2.75) is 32.8 Å². The minimum Gasteiger partial charge on any atom is -0.494 e. The fourth-order valence-corrected chi connectivity index (χ4v) is 3.99. The van der Waals surface area contributed by atoms with E-state index in [2.05, 4.69) is 20.3 Å². The highest BCUT2D eigenvalue weighted by molar-refractivity contribution is 6.29. The Morgan fingerprint density at radius 1 is 1.10 bits per heavy atom. The first-order valence-corrected chi connectivity index (χ1v) is 12.5. The van der Waals surface area contributed by atoms with Gasteiger partial charge in [0.1, 0.15) is 28.6 Å². The molecule has 0 unspecified atom stereocenters. The fraction of sp³-hybridized carbons (Fsp3) is 0.296. The molecule has 0 bridgehead atoms. The van der Waals surface area contributed by atoms with Crippen molar-refractivity contribution < 1.29 is 27.8 Å². The Balaban J connectivity index is 1.58. The number of para-hydroxylation sites is 1. The third-order valence-corrected chi connectivity index (χ3v) is 5.72. The number of halogens is 3. The van der Waals surface area contributed by atoms with Crippen molar-refractivity contribution in [3.8, 4) is 23.0 Å². The van der Waals surface area contributed by atoms with Crippen LogP contribution in [0.4, 0.5) is 19.3 Å². The van der Waals surface area contributed by atoms with E-state index in [1.807, 2.05) is 0 Å². The Kier molecular flexibility index (Phi) is 8.19. The van der Waals surface area contributed by atoms with E-state index in [-0.39, 0.29) is 23.2 Å². The number of likely N-dealkylation sites (N-methyl/N-ethyl adjacent to an activating group) is 1. The smallest absolute Gasteiger partial charge is 0.410 e. The summed E-state index contributed by atoms with van der Waals surface area (Å²) < 4.78 is 39.6. The van der Waals surface area contributed by atoms with Crippen LogP contribution in [0, 0.1) is 0 Å². The van der Waals surface area contributed by atoms with E-state index in [1.165, 1.54) is 25.1 Å². The van der Waals surface area contributed by atoms with Crippen LogP contribution in [0.1, 0.15) is 33.0 Å². The van der Waals surface area contributed by atoms with Gasteiger partial charge < -0.3 is 19.7 Å². The number of rotatable bonds is 7. The van der Waals surface area contributed by atoms with Gasteiger partial charge in [-0.25, -0.2) is 28.5 Å². The highest BCUT2D eigenvalue weighted by Crippen LogP contribution is 2.32. The van der Waals surface area contributed by atoms with Gasteiger partial charge in [0.2, 0.25) is 11.9 Å². The number of nitrogens with one attached hydrogen (secondary N) is 1. The Morgan fingerprint density at radius 2 is 1.80 bits per heavy atom. The van der Waals surface area contributed by atoms with Crippen molar-refractivity contribution in [2.24, 2.45) is 0 Å². The van der Waals surface area contributed by atoms with Crippen LogP contribution in [0.15, 0.2) is 48.5 Å². The maximum Gasteiger partial charge on any atom is 0.410 e. The number of carbonyl (C=O) groups is 2. The zero-order valence-electron chi connectivity index (χ0n) is 22.4. The Bertz CT molecular complexity index is 1550. The van der Waals surface area contributed by atoms with Gasteiger partial charge in [-0.15, -0.1) is 0 Å². The van der Waals surface area contributed by atoms with E-state index in [0.29, 0.717) is 28.2 Å². The molecular weight excluding hydrogens is 546 g/mol. The standard InChI is InChI=1S/C27H27ClF2N6O4/c1-27(2,3)40-26(38)35(4)14-21(37)31-16-11-9-15(10-12-16)17-13-20(28)33-25(32-17)36-18-7-6-8-19(39-5)22(18)34-24(36)23(29)30/h6-13,23H,14H2,1-5H3,(H,31,37). The normalized spacial score (nSPS) is 11.5. The lowest BCUT2D eigenvalue weighted by Crippen LogP contribution is -2.38. The molecule has 4 rings (SSSR count). The van der Waals surface area contributed by atoms with Crippen LogP contribution >= 0.6 is 11.6 Å². The van der Waals surface area contributed by atoms with Crippen LogP contribution in [-0.2, 0) is 9.53 Å². The number of methoxy groups -OCH3 is 1. The molecule has 2 heterocycles. The monoisotopic (exact) mass is 572 g/mol. The van der Waals surface area contributed by atoms with Crippen LogP contribution < -0.4 is 10.1 Å². The molecule has 0 radical (unpaired) electrons. The molecule has 40 heavy (non-hydrogen) atoms. The van der Waals surface area contributed by atoms with Gasteiger partial charge in [-0.05, 0) is 45.0 Å². The predicted molar refractivity (Wildman–Crippen MR) is 146 cm³/mol. The number of nitrogens with zero attached hydrogens (tertiary/aromatic N) is 5. The van der Waals surface area contributed by atoms with Crippen molar-refractivity contribution in [1.29, 1.82) is 0 Å². The number of imidazole rings is 1. The van der Waals surface area contributed by atoms with Gasteiger partial charge in [-0.1, -0.05) is 29.8 Å². The molecule has 0 saturated heterocycles. The molecular formula is C27H27ClF2N6O4. The molecule has 0 aliphatic carbocycles. The minimum absolute atomic E-state index is 0.0347. The molecule has 0 atom stereocenters. The molecule has 0 aliphatic heterocycles. The largest absolute Gasteiger partial charge is 0.494 e. The number of hydrogen-bond donors (Lipinski definition) is 1. The van der Waals surface area contributed by atoms with Crippen molar-refractivity contribution >= 4 is 40.3 Å². The van der Waals surface area contributed by atoms with Crippen molar-refractivity contribution in [3.05, 3.63) is 59.5 Å². The maximum absolute atomic E-state index is 14.0. The van der Waals surface area contributed by atoms with Gasteiger partial charge in [0.05, 0.1) is 18.3 Å². The molecule has 210 valence electrons. The summed E-state index contributed by atoms with van der Waals surface area (Å²) in [7, 11) is 2.89. The first kappa shape index (κ1) is 28.7. The number of benzene rings is 2. The van der Waals surface area contributed by atoms with E-state index in [4.69, 9.17) is 21.1 Å². The molecule has 10 nitrogen and oxygen atoms in total. The lowest BCUT2D eigenvalue weighted by atomic mass is 10.1. The van der Waals surface area contributed by atoms with Gasteiger partial charge in [0, 0.05) is 24.4 Å². The zero-order valence-corrected chi connectivity index (χ0v) is 23.2. The van der Waals surface area contributed by atoms with E-state index < -0.39 is 29.9 Å². The van der Waals surface area contributed by atoms with E-state index >= 15 is 0 Å². The molecule has 2 aromatic carbocycles. The predicted octanol–water partition coefficient (Wildman–Crippen LogP) is 5.89. The van der Waals surface area contributed by atoms with Crippen molar-refractivity contribution in [3.63, 3.8) is 0 Å². The molecule has 0 spiro atoms. The SMILES string of the molecule is COc1cccc2c1nc(C(F)F)n2-c1nc(Cl)cc(-c2ccc(NC(=O)CN(C)C(=O)OC(C)(C)C)cc2)n1. The third-order valence-electron chi connectivity index (χ3n) is 5.52. The van der Waals surface area contributed by atoms with Crippen LogP contribution in [0.3, 0.4) is 0 Å². The summed E-state index contributed by atoms with van der Waals surface area (Å²) in [6.45, 7) is 5.00. The summed E-state index contributed by atoms with van der Waals surface area (Å²) in [6, 6.07) is 13.0. The summed E-state index contributed by atoms with van der Waals surface area (Å²) in [5, 5.41) is 2.75. The van der Waals surface area contributed by atoms with Crippen LogP contribution in [0.25, 0.3) is 28.2 Å². The van der Waals surface area contributed by atoms with E-state index in [9.17, 15) is 18.4 Å². The van der Waals surface area contributed by atoms with E-state index in [0.717, 1.165) is 4.57 Å². The highest BCUT2D eigenvalue weighted by Gasteiger charge is 2.24. The summed E-state index contributed by atoms with van der Waals surface area (Å²) in [5.74, 6) is -0.732. The average molecular weight is 573 g/mol. The number of anilines is 1.